The van der Waals surface area contributed by atoms with Crippen LogP contribution in [0, 0.1) is 11.8 Å². The largest absolute Gasteiger partial charge is 0.481 e. The number of carbonyl (C=O) groups is 1. The Balaban J connectivity index is 1.74. The monoisotopic (exact) mass is 264 g/mol. The van der Waals surface area contributed by atoms with E-state index in [9.17, 15) is 17.7 Å². The minimum atomic E-state index is -4.69. The number of amides is 1. The smallest absolute Gasteiger partial charge is 0.449 e. The van der Waals surface area contributed by atoms with Gasteiger partial charge in [-0.2, -0.15) is 0 Å². The maximum atomic E-state index is 12.4. The first-order valence-electron chi connectivity index (χ1n) is 6.26. The Morgan fingerprint density at radius 3 is 2.22 bits per heavy atom. The Bertz CT molecular complexity index is 347. The molecule has 0 radical (unpaired) electrons. The molecule has 104 valence electrons. The van der Waals surface area contributed by atoms with Crippen LogP contribution >= 0.6 is 0 Å². The summed E-state index contributed by atoms with van der Waals surface area (Å²) in [5.41, 5.74) is -0.556. The Morgan fingerprint density at radius 1 is 1.28 bits per heavy atom. The molecule has 3 nitrogen and oxygen atoms in total. The summed E-state index contributed by atoms with van der Waals surface area (Å²) in [7, 11) is 0. The van der Waals surface area contributed by atoms with Crippen molar-refractivity contribution < 1.29 is 22.5 Å². The van der Waals surface area contributed by atoms with Crippen LogP contribution in [-0.4, -0.2) is 36.7 Å². The first-order valence-corrected chi connectivity index (χ1v) is 6.26. The third kappa shape index (κ3) is 2.92. The molecule has 2 atom stereocenters. The summed E-state index contributed by atoms with van der Waals surface area (Å²) in [6.45, 7) is 1.42. The molecule has 18 heavy (non-hydrogen) atoms. The van der Waals surface area contributed by atoms with Crippen molar-refractivity contribution >= 4 is 13.1 Å². The van der Waals surface area contributed by atoms with Gasteiger partial charge in [0.05, 0.1) is 0 Å². The molecule has 0 bridgehead atoms. The van der Waals surface area contributed by atoms with E-state index in [2.05, 4.69) is 0 Å². The Kier molecular flexibility index (Phi) is 3.06. The third-order valence-corrected chi connectivity index (χ3v) is 3.54. The molecule has 2 aliphatic rings. The number of ether oxygens (including phenoxy) is 1. The van der Waals surface area contributed by atoms with Crippen LogP contribution in [0.25, 0.3) is 0 Å². The maximum Gasteiger partial charge on any atom is 0.481 e. The fraction of sp³-hybridized carbons (Fsp3) is 0.909. The molecule has 0 aromatic rings. The second kappa shape index (κ2) is 4.06. The molecule has 0 spiro atoms. The number of hydrogen-bond donors (Lipinski definition) is 0. The summed E-state index contributed by atoms with van der Waals surface area (Å²) in [5, 5.41) is 0. The van der Waals surface area contributed by atoms with Gasteiger partial charge in [0.2, 0.25) is 0 Å². The highest BCUT2D eigenvalue weighted by atomic mass is 19.4. The zero-order valence-corrected chi connectivity index (χ0v) is 10.8. The lowest BCUT2D eigenvalue weighted by Gasteiger charge is -2.40. The van der Waals surface area contributed by atoms with Crippen molar-refractivity contribution in [3.05, 3.63) is 0 Å². The molecule has 1 saturated carbocycles. The van der Waals surface area contributed by atoms with E-state index in [1.165, 1.54) is 4.90 Å². The van der Waals surface area contributed by atoms with Crippen LogP contribution in [0.4, 0.5) is 17.7 Å². The minimum absolute atomic E-state index is 0.00557. The predicted octanol–water partition coefficient (Wildman–Crippen LogP) is 3.09. The predicted molar refractivity (Wildman–Crippen MR) is 62.2 cm³/mol. The fourth-order valence-corrected chi connectivity index (χ4v) is 2.47. The first kappa shape index (κ1) is 13.6. The van der Waals surface area contributed by atoms with Crippen molar-refractivity contribution in [3.63, 3.8) is 0 Å². The highest BCUT2D eigenvalue weighted by molar-refractivity contribution is 6.61. The van der Waals surface area contributed by atoms with Gasteiger partial charge in [0, 0.05) is 13.1 Å². The molecule has 2 fully saturated rings. The van der Waals surface area contributed by atoms with Gasteiger partial charge in [-0.05, 0) is 26.7 Å². The van der Waals surface area contributed by atoms with Crippen LogP contribution in [-0.2, 0) is 4.74 Å². The quantitative estimate of drug-likeness (QED) is 0.717. The Labute approximate surface area is 105 Å². The average Bonchev–Trinajstić information content (AvgIpc) is 2.75. The van der Waals surface area contributed by atoms with E-state index < -0.39 is 24.5 Å². The summed E-state index contributed by atoms with van der Waals surface area (Å²) in [4.78, 5) is 13.1. The van der Waals surface area contributed by atoms with E-state index in [-0.39, 0.29) is 18.3 Å². The fourth-order valence-electron chi connectivity index (χ4n) is 2.47. The van der Waals surface area contributed by atoms with E-state index in [4.69, 9.17) is 4.74 Å². The topological polar surface area (TPSA) is 29.5 Å². The van der Waals surface area contributed by atoms with Gasteiger partial charge in [-0.3, -0.25) is 0 Å². The second-order valence-corrected chi connectivity index (χ2v) is 6.33. The van der Waals surface area contributed by atoms with Gasteiger partial charge in [0.25, 0.3) is 0 Å². The summed E-state index contributed by atoms with van der Waals surface area (Å²) >= 11 is 0. The molecule has 1 saturated heterocycles. The number of rotatable bonds is 2. The number of likely N-dealkylation sites (tertiary alicyclic amines) is 1. The van der Waals surface area contributed by atoms with E-state index in [0.29, 0.717) is 13.1 Å². The summed E-state index contributed by atoms with van der Waals surface area (Å²) in [5.74, 6) is -1.34. The zero-order chi connectivity index (χ0) is 13.7. The van der Waals surface area contributed by atoms with Gasteiger partial charge in [0.1, 0.15) is 5.60 Å². The number of nitrogens with zero attached hydrogens (tertiary/aromatic N) is 1. The number of halogens is 3. The molecule has 2 rings (SSSR count). The minimum Gasteiger partial charge on any atom is -0.449 e. The van der Waals surface area contributed by atoms with Crippen LogP contribution in [0.3, 0.4) is 0 Å². The molecule has 1 aliphatic heterocycles. The van der Waals surface area contributed by atoms with Gasteiger partial charge >= 0.3 is 13.1 Å². The zero-order valence-electron chi connectivity index (χ0n) is 10.8. The van der Waals surface area contributed by atoms with E-state index >= 15 is 0 Å². The first-order chi connectivity index (χ1) is 8.08. The van der Waals surface area contributed by atoms with Crippen LogP contribution in [0.1, 0.15) is 27.2 Å². The van der Waals surface area contributed by atoms with Gasteiger partial charge in [0.15, 0.2) is 0 Å². The van der Waals surface area contributed by atoms with E-state index in [1.807, 2.05) is 0 Å². The van der Waals surface area contributed by atoms with Gasteiger partial charge in [-0.1, -0.05) is 18.2 Å². The van der Waals surface area contributed by atoms with Crippen molar-refractivity contribution in [1.29, 1.82) is 0 Å². The molecule has 7 heteroatoms. The van der Waals surface area contributed by atoms with E-state index in [1.54, 1.807) is 20.8 Å². The average molecular weight is 264 g/mol. The number of hydrogen-bond acceptors (Lipinski definition) is 2. The van der Waals surface area contributed by atoms with Crippen molar-refractivity contribution in [2.45, 2.75) is 38.6 Å². The summed E-state index contributed by atoms with van der Waals surface area (Å²) in [6, 6.07) is 0. The van der Waals surface area contributed by atoms with Crippen LogP contribution < -0.4 is 0 Å². The summed E-state index contributed by atoms with van der Waals surface area (Å²) < 4.78 is 42.5. The molecular formula is C11H18BF3NO2-. The van der Waals surface area contributed by atoms with Crippen molar-refractivity contribution in [3.8, 4) is 0 Å². The Morgan fingerprint density at radius 2 is 1.83 bits per heavy atom. The second-order valence-electron chi connectivity index (χ2n) is 6.33. The van der Waals surface area contributed by atoms with Gasteiger partial charge in [-0.15, -0.1) is 0 Å². The summed E-state index contributed by atoms with van der Waals surface area (Å²) in [6.07, 6.45) is -0.176. The highest BCUT2D eigenvalue weighted by Crippen LogP contribution is 2.58. The maximum absolute atomic E-state index is 12.4. The van der Waals surface area contributed by atoms with Gasteiger partial charge in [-0.25, -0.2) is 4.79 Å². The lowest BCUT2D eigenvalue weighted by atomic mass is 9.78. The molecule has 0 aromatic heterocycles. The van der Waals surface area contributed by atoms with Crippen LogP contribution in [0.15, 0.2) is 0 Å². The number of carbonyl (C=O) groups excluding carboxylic acids is 1. The SMILES string of the molecule is CC(C)(C)OC(=O)N1CC([C@@H]2C[C@H]2[B-](F)(F)F)C1. The highest BCUT2D eigenvalue weighted by Gasteiger charge is 2.56. The molecule has 1 amide bonds. The normalized spacial score (nSPS) is 28.9. The third-order valence-electron chi connectivity index (χ3n) is 3.54. The van der Waals surface area contributed by atoms with Crippen molar-refractivity contribution in [1.82, 2.24) is 4.90 Å². The van der Waals surface area contributed by atoms with Crippen LogP contribution in [0.5, 0.6) is 0 Å². The Hall–Kier alpha value is -0.875. The molecule has 0 aromatic carbocycles. The van der Waals surface area contributed by atoms with E-state index in [0.717, 1.165) is 0 Å². The molecule has 1 aliphatic carbocycles. The van der Waals surface area contributed by atoms with Crippen molar-refractivity contribution in [2.24, 2.45) is 11.8 Å². The molecule has 0 N–H and O–H groups in total. The van der Waals surface area contributed by atoms with Gasteiger partial charge < -0.3 is 22.6 Å². The lowest BCUT2D eigenvalue weighted by molar-refractivity contribution is -0.00426. The van der Waals surface area contributed by atoms with Crippen molar-refractivity contribution in [2.75, 3.05) is 13.1 Å². The lowest BCUT2D eigenvalue weighted by Crippen LogP contribution is -2.52. The molecular weight excluding hydrogens is 246 g/mol. The standard InChI is InChI=1S/C11H18BF3NO2/c1-11(2,3)18-10(17)16-5-7(6-16)8-4-9(8)12(13,14)15/h7-9H,4-6H2,1-3H3/q-1/t8-,9+/m0/s1. The van der Waals surface area contributed by atoms with Crippen LogP contribution in [0.2, 0.25) is 5.82 Å². The molecule has 0 unspecified atom stereocenters. The molecule has 1 heterocycles.